The molecule has 0 fully saturated rings. The molecule has 0 saturated heterocycles. The number of hydrogen-bond acceptors (Lipinski definition) is 4. The fourth-order valence-corrected chi connectivity index (χ4v) is 14.1. The molecule has 0 saturated carbocycles. The van der Waals surface area contributed by atoms with Gasteiger partial charge >= 0.3 is 327 Å². The van der Waals surface area contributed by atoms with Crippen LogP contribution in [0.1, 0.15) is 50.1 Å². The van der Waals surface area contributed by atoms with Crippen molar-refractivity contribution in [3.05, 3.63) is 202 Å². The number of rotatable bonds is 11. The molecular formula is C50H49O4P. The first-order valence-corrected chi connectivity index (χ1v) is 20.9. The Morgan fingerprint density at radius 1 is 0.455 bits per heavy atom. The first-order valence-electron chi connectivity index (χ1n) is 18.8. The molecule has 278 valence electrons. The molecule has 5 heteroatoms. The average molecular weight is 745 g/mol. The van der Waals surface area contributed by atoms with Gasteiger partial charge in [0.15, 0.2) is 0 Å². The molecule has 0 heterocycles. The van der Waals surface area contributed by atoms with Crippen LogP contribution in [0.15, 0.2) is 152 Å². The summed E-state index contributed by atoms with van der Waals surface area (Å²) in [5.41, 5.74) is 8.79. The van der Waals surface area contributed by atoms with Gasteiger partial charge < -0.3 is 0 Å². The molecule has 4 nitrogen and oxygen atoms in total. The van der Waals surface area contributed by atoms with E-state index < -0.39 is 6.83 Å². The second-order valence-corrected chi connectivity index (χ2v) is 19.1. The monoisotopic (exact) mass is 744 g/mol. The van der Waals surface area contributed by atoms with Crippen molar-refractivity contribution in [3.8, 4) is 23.0 Å². The van der Waals surface area contributed by atoms with Crippen LogP contribution in [0.25, 0.3) is 0 Å². The third kappa shape index (κ3) is 6.66. The summed E-state index contributed by atoms with van der Waals surface area (Å²) in [7, 11) is 1.70. The molecule has 0 amide bonds. The van der Waals surface area contributed by atoms with Crippen molar-refractivity contribution in [1.82, 2.24) is 0 Å². The molecule has 55 heavy (non-hydrogen) atoms. The van der Waals surface area contributed by atoms with E-state index in [-0.39, 0.29) is 0 Å². The van der Waals surface area contributed by atoms with Crippen molar-refractivity contribution in [2.75, 3.05) is 7.11 Å². The summed E-state index contributed by atoms with van der Waals surface area (Å²) in [5, 5.41) is 25.8. The number of benzene rings is 7. The van der Waals surface area contributed by atoms with Crippen LogP contribution in [-0.4, -0.2) is 17.3 Å². The fraction of sp³-hybridized carbons (Fsp3) is 0.160. The van der Waals surface area contributed by atoms with Crippen molar-refractivity contribution in [3.63, 3.8) is 0 Å². The minimum absolute atomic E-state index is 0.324. The van der Waals surface area contributed by atoms with E-state index in [1.165, 1.54) is 0 Å². The summed E-state index contributed by atoms with van der Waals surface area (Å²) in [5.74, 6) is 2.24. The van der Waals surface area contributed by atoms with Crippen LogP contribution in [0.4, 0.5) is 0 Å². The van der Waals surface area contributed by atoms with Gasteiger partial charge in [-0.05, 0) is 0 Å². The van der Waals surface area contributed by atoms with Gasteiger partial charge in [-0.1, -0.05) is 0 Å². The number of phenolic OH excluding ortho intramolecular Hbond substituents is 2. The van der Waals surface area contributed by atoms with Crippen LogP contribution < -0.4 is 30.5 Å². The van der Waals surface area contributed by atoms with Crippen LogP contribution in [0.2, 0.25) is 0 Å². The summed E-state index contributed by atoms with van der Waals surface area (Å²) >= 11 is 0. The predicted molar refractivity (Wildman–Crippen MR) is 230 cm³/mol. The molecule has 7 aromatic rings. The van der Waals surface area contributed by atoms with Crippen LogP contribution in [0.5, 0.6) is 23.0 Å². The number of methoxy groups -OCH3 is 1. The molecule has 0 aromatic heterocycles. The number of hydrogen-bond donors (Lipinski definition) is 2. The Balaban J connectivity index is 1.63. The molecule has 7 rings (SSSR count). The molecule has 7 aromatic carbocycles. The van der Waals surface area contributed by atoms with Crippen LogP contribution in [0, 0.1) is 34.6 Å². The number of aryl methyl sites for hydroxylation is 5. The Kier molecular flexibility index (Phi) is 10.3. The van der Waals surface area contributed by atoms with Crippen LogP contribution in [0.3, 0.4) is 0 Å². The zero-order chi connectivity index (χ0) is 38.8. The Bertz CT molecular complexity index is 2230. The third-order valence-electron chi connectivity index (χ3n) is 10.9. The zero-order valence-electron chi connectivity index (χ0n) is 32.5. The van der Waals surface area contributed by atoms with Crippen molar-refractivity contribution in [2.24, 2.45) is 0 Å². The molecule has 2 N–H and O–H groups in total. The van der Waals surface area contributed by atoms with Crippen LogP contribution in [-0.2, 0) is 12.8 Å². The van der Waals surface area contributed by atoms with E-state index in [0.29, 0.717) is 24.3 Å². The second-order valence-electron chi connectivity index (χ2n) is 14.8. The van der Waals surface area contributed by atoms with Crippen molar-refractivity contribution in [2.45, 2.75) is 47.5 Å². The van der Waals surface area contributed by atoms with Gasteiger partial charge in [0.1, 0.15) is 0 Å². The maximum absolute atomic E-state index is 10.8. The topological polar surface area (TPSA) is 58.9 Å². The third-order valence-corrected chi connectivity index (χ3v) is 16.5. The molecule has 0 atom stereocenters. The molecular weight excluding hydrogens is 696 g/mol. The van der Waals surface area contributed by atoms with E-state index in [4.69, 9.17) is 9.26 Å². The quantitative estimate of drug-likeness (QED) is 0.130. The maximum atomic E-state index is 10.8. The normalized spacial score (nSPS) is 12.1. The van der Waals surface area contributed by atoms with E-state index in [2.05, 4.69) is 146 Å². The Morgan fingerprint density at radius 3 is 1.15 bits per heavy atom. The second kappa shape index (κ2) is 15.1. The van der Waals surface area contributed by atoms with Crippen molar-refractivity contribution in [1.29, 1.82) is 0 Å². The number of aromatic hydroxyl groups is 2. The number of phenols is 2. The van der Waals surface area contributed by atoms with Crippen LogP contribution >= 0.6 is 6.83 Å². The first kappa shape index (κ1) is 37.5. The molecule has 0 aliphatic rings. The molecule has 0 aliphatic heterocycles. The van der Waals surface area contributed by atoms with Gasteiger partial charge in [-0.3, -0.25) is 0 Å². The Hall–Kier alpha value is -5.83. The zero-order valence-corrected chi connectivity index (χ0v) is 33.4. The Labute approximate surface area is 325 Å². The average Bonchev–Trinajstić information content (AvgIpc) is 3.20. The SMILES string of the molecule is COc1ccc(P(Oc2c(Cc3cc(C)c(O)c(C)c3)cc(C)cc2Cc2cc(C)c(O)c(C)c2)(c2ccccc2)(c2ccccc2)c2ccccc2)cc1. The summed E-state index contributed by atoms with van der Waals surface area (Å²) in [6, 6.07) is 53.4. The van der Waals surface area contributed by atoms with Gasteiger partial charge in [0.25, 0.3) is 0 Å². The van der Waals surface area contributed by atoms with E-state index in [0.717, 1.165) is 82.8 Å². The number of ether oxygens (including phenoxy) is 1. The fourth-order valence-electron chi connectivity index (χ4n) is 8.34. The van der Waals surface area contributed by atoms with Gasteiger partial charge in [-0.25, -0.2) is 0 Å². The Morgan fingerprint density at radius 2 is 0.800 bits per heavy atom. The van der Waals surface area contributed by atoms with E-state index in [9.17, 15) is 10.2 Å². The summed E-state index contributed by atoms with van der Waals surface area (Å²) < 4.78 is 14.2. The minimum atomic E-state index is -4.19. The van der Waals surface area contributed by atoms with Gasteiger partial charge in [0.2, 0.25) is 0 Å². The summed E-state index contributed by atoms with van der Waals surface area (Å²) in [6.07, 6.45) is 1.18. The predicted octanol–water partition coefficient (Wildman–Crippen LogP) is 9.98. The van der Waals surface area contributed by atoms with E-state index >= 15 is 0 Å². The van der Waals surface area contributed by atoms with Gasteiger partial charge in [-0.15, -0.1) is 0 Å². The van der Waals surface area contributed by atoms with E-state index in [1.54, 1.807) is 7.11 Å². The first-order chi connectivity index (χ1) is 26.5. The molecule has 0 spiro atoms. The van der Waals surface area contributed by atoms with E-state index in [1.807, 2.05) is 39.8 Å². The van der Waals surface area contributed by atoms with Gasteiger partial charge in [0, 0.05) is 0 Å². The van der Waals surface area contributed by atoms with Crippen molar-refractivity contribution < 1.29 is 19.5 Å². The summed E-state index contributed by atoms with van der Waals surface area (Å²) in [4.78, 5) is 0. The van der Waals surface area contributed by atoms with Gasteiger partial charge in [0.05, 0.1) is 0 Å². The van der Waals surface area contributed by atoms with Crippen molar-refractivity contribution >= 4 is 28.0 Å². The molecule has 0 aliphatic carbocycles. The molecule has 0 unspecified atom stereocenters. The molecule has 0 bridgehead atoms. The summed E-state index contributed by atoms with van der Waals surface area (Å²) in [6.45, 7) is 5.78. The molecule has 0 radical (unpaired) electrons. The standard InChI is InChI=1S/C50H49O4P/c1-34-26-41(32-39-28-35(2)48(51)36(3)29-39)50(42(27-34)33-40-30-37(4)49(52)38(5)31-40)54-55(44-16-10-7-11-17-44,45-18-12-8-13-19-45,46-20-14-9-15-21-46)47-24-22-43(53-6)23-25-47/h7-31,51-52H,32-33H2,1-6H3. The van der Waals surface area contributed by atoms with Gasteiger partial charge in [-0.2, -0.15) is 0 Å².